The molecule has 13 nitrogen and oxygen atoms in total. The number of ether oxygens (including phenoxy) is 1. The molecular formula is C34H33N5O8. The van der Waals surface area contributed by atoms with E-state index in [0.29, 0.717) is 34.1 Å². The van der Waals surface area contributed by atoms with Crippen LogP contribution >= 0.6 is 0 Å². The summed E-state index contributed by atoms with van der Waals surface area (Å²) in [5.74, 6) is -2.53. The minimum atomic E-state index is -1.16. The van der Waals surface area contributed by atoms with Crippen LogP contribution in [0.5, 0.6) is 5.75 Å². The fourth-order valence-corrected chi connectivity index (χ4v) is 4.59. The molecule has 0 saturated carbocycles. The number of carbonyl (C=O) groups is 5. The van der Waals surface area contributed by atoms with E-state index in [1.807, 2.05) is 25.1 Å². The Balaban J connectivity index is 1.40. The number of aromatic nitrogens is 1. The highest BCUT2D eigenvalue weighted by Crippen LogP contribution is 2.27. The molecule has 0 bridgehead atoms. The van der Waals surface area contributed by atoms with Crippen molar-refractivity contribution < 1.29 is 38.9 Å². The monoisotopic (exact) mass is 639 g/mol. The summed E-state index contributed by atoms with van der Waals surface area (Å²) in [4.78, 5) is 66.8. The number of nitrogens with one attached hydrogen (secondary N) is 3. The number of pyridine rings is 1. The van der Waals surface area contributed by atoms with E-state index in [1.165, 1.54) is 48.5 Å². The molecule has 3 aromatic carbocycles. The van der Waals surface area contributed by atoms with Crippen LogP contribution in [0.4, 0.5) is 22.0 Å². The molecule has 4 amide bonds. The Labute approximate surface area is 270 Å². The summed E-state index contributed by atoms with van der Waals surface area (Å²) >= 11 is 0. The minimum absolute atomic E-state index is 0.00822. The molecule has 13 heteroatoms. The van der Waals surface area contributed by atoms with Gasteiger partial charge < -0.3 is 30.9 Å². The van der Waals surface area contributed by atoms with Gasteiger partial charge in [-0.1, -0.05) is 30.3 Å². The number of amides is 4. The van der Waals surface area contributed by atoms with Gasteiger partial charge in [-0.25, -0.2) is 14.6 Å². The van der Waals surface area contributed by atoms with Crippen LogP contribution in [0.25, 0.3) is 0 Å². The van der Waals surface area contributed by atoms with Crippen molar-refractivity contribution in [1.29, 1.82) is 0 Å². The van der Waals surface area contributed by atoms with Crippen LogP contribution in [0.1, 0.15) is 49.9 Å². The van der Waals surface area contributed by atoms with E-state index in [1.54, 1.807) is 37.4 Å². The molecule has 1 atom stereocenters. The number of aromatic carboxylic acids is 1. The molecule has 0 aliphatic heterocycles. The Hall–Kier alpha value is -6.24. The summed E-state index contributed by atoms with van der Waals surface area (Å²) in [7, 11) is 3.00. The number of benzene rings is 3. The zero-order valence-corrected chi connectivity index (χ0v) is 25.8. The fraction of sp³-hybridized carbons (Fsp3) is 0.176. The maximum atomic E-state index is 13.1. The number of nitrogens with zero attached hydrogens (tertiary/aromatic N) is 2. The lowest BCUT2D eigenvalue weighted by Gasteiger charge is -2.20. The van der Waals surface area contributed by atoms with Crippen molar-refractivity contribution in [1.82, 2.24) is 10.3 Å². The first-order valence-corrected chi connectivity index (χ1v) is 14.3. The van der Waals surface area contributed by atoms with E-state index in [4.69, 9.17) is 9.84 Å². The van der Waals surface area contributed by atoms with Crippen LogP contribution in [0.15, 0.2) is 85.1 Å². The number of hydrogen-bond acceptors (Lipinski definition) is 7. The van der Waals surface area contributed by atoms with Crippen LogP contribution in [0.3, 0.4) is 0 Å². The maximum absolute atomic E-state index is 13.1. The van der Waals surface area contributed by atoms with Crippen molar-refractivity contribution in [3.05, 3.63) is 113 Å². The molecule has 242 valence electrons. The first kappa shape index (κ1) is 33.6. The van der Waals surface area contributed by atoms with Gasteiger partial charge in [0.15, 0.2) is 0 Å². The molecular weight excluding hydrogens is 606 g/mol. The molecule has 47 heavy (non-hydrogen) atoms. The molecule has 4 aromatic rings. The maximum Gasteiger partial charge on any atom is 0.335 e. The van der Waals surface area contributed by atoms with E-state index >= 15 is 0 Å². The average Bonchev–Trinajstić information content (AvgIpc) is 3.05. The zero-order chi connectivity index (χ0) is 34.1. The number of para-hydroxylation sites is 1. The van der Waals surface area contributed by atoms with Gasteiger partial charge in [0.25, 0.3) is 5.91 Å². The molecule has 1 heterocycles. The number of rotatable bonds is 12. The summed E-state index contributed by atoms with van der Waals surface area (Å²) in [6.45, 7) is 1.88. The second-order valence-corrected chi connectivity index (χ2v) is 10.5. The Kier molecular flexibility index (Phi) is 10.9. The normalized spacial score (nSPS) is 11.1. The Morgan fingerprint density at radius 1 is 0.872 bits per heavy atom. The van der Waals surface area contributed by atoms with E-state index < -0.39 is 36.3 Å². The molecule has 0 spiro atoms. The number of carbonyl (C=O) groups excluding carboxylic acids is 3. The van der Waals surface area contributed by atoms with Crippen molar-refractivity contribution >= 4 is 47.0 Å². The Morgan fingerprint density at radius 3 is 2.17 bits per heavy atom. The lowest BCUT2D eigenvalue weighted by atomic mass is 10.0. The standard InChI is InChI=1S/C34H33N5O8/c1-20-6-4-5-7-25(20)37-34(46)38-26-14-8-21(16-28(26)47-3)17-30(40)39(2)29-15-13-24(19-35-29)27(18-31(41)42)36-32(43)22-9-11-23(12-10-22)33(44)45/h4-16,19,27H,17-18H2,1-3H3,(H,36,43)(H,41,42)(H,44,45)(H2,37,38,46). The van der Waals surface area contributed by atoms with Gasteiger partial charge in [-0.15, -0.1) is 0 Å². The van der Waals surface area contributed by atoms with Gasteiger partial charge in [-0.3, -0.25) is 19.3 Å². The first-order valence-electron chi connectivity index (χ1n) is 14.3. The van der Waals surface area contributed by atoms with Crippen LogP contribution in [-0.2, 0) is 16.0 Å². The van der Waals surface area contributed by atoms with Crippen LogP contribution < -0.4 is 25.6 Å². The third-order valence-corrected chi connectivity index (χ3v) is 7.23. The smallest absolute Gasteiger partial charge is 0.335 e. The zero-order valence-electron chi connectivity index (χ0n) is 25.8. The predicted molar refractivity (Wildman–Crippen MR) is 174 cm³/mol. The van der Waals surface area contributed by atoms with Crippen LogP contribution in [0.2, 0.25) is 0 Å². The van der Waals surface area contributed by atoms with E-state index in [2.05, 4.69) is 20.9 Å². The number of hydrogen-bond donors (Lipinski definition) is 5. The molecule has 0 radical (unpaired) electrons. The van der Waals surface area contributed by atoms with Crippen LogP contribution in [-0.4, -0.2) is 59.1 Å². The lowest BCUT2D eigenvalue weighted by Crippen LogP contribution is -2.31. The highest BCUT2D eigenvalue weighted by molar-refractivity contribution is 6.01. The van der Waals surface area contributed by atoms with Gasteiger partial charge in [-0.05, 0) is 72.1 Å². The van der Waals surface area contributed by atoms with Crippen molar-refractivity contribution in [2.45, 2.75) is 25.8 Å². The molecule has 4 rings (SSSR count). The predicted octanol–water partition coefficient (Wildman–Crippen LogP) is 4.89. The quantitative estimate of drug-likeness (QED) is 0.144. The Morgan fingerprint density at radius 2 is 1.55 bits per heavy atom. The van der Waals surface area contributed by atoms with Gasteiger partial charge in [0.05, 0.1) is 37.2 Å². The first-order chi connectivity index (χ1) is 22.4. The number of likely N-dealkylation sites (N-methyl/N-ethyl adjacent to an activating group) is 1. The highest BCUT2D eigenvalue weighted by Gasteiger charge is 2.21. The number of urea groups is 1. The minimum Gasteiger partial charge on any atom is -0.495 e. The lowest BCUT2D eigenvalue weighted by molar-refractivity contribution is -0.137. The second-order valence-electron chi connectivity index (χ2n) is 10.5. The van der Waals surface area contributed by atoms with Crippen molar-refractivity contribution in [3.8, 4) is 5.75 Å². The van der Waals surface area contributed by atoms with Crippen molar-refractivity contribution in [3.63, 3.8) is 0 Å². The summed E-state index contributed by atoms with van der Waals surface area (Å²) < 4.78 is 5.45. The van der Waals surface area contributed by atoms with Gasteiger partial charge in [-0.2, -0.15) is 0 Å². The molecule has 1 unspecified atom stereocenters. The molecule has 0 aliphatic rings. The number of aryl methyl sites for hydroxylation is 1. The van der Waals surface area contributed by atoms with Gasteiger partial charge in [0, 0.05) is 24.5 Å². The molecule has 0 saturated heterocycles. The highest BCUT2D eigenvalue weighted by atomic mass is 16.5. The summed E-state index contributed by atoms with van der Waals surface area (Å²) in [6, 6.07) is 19.3. The van der Waals surface area contributed by atoms with Gasteiger partial charge >= 0.3 is 18.0 Å². The largest absolute Gasteiger partial charge is 0.495 e. The van der Waals surface area contributed by atoms with Crippen molar-refractivity contribution in [2.75, 3.05) is 29.7 Å². The molecule has 5 N–H and O–H groups in total. The Bertz CT molecular complexity index is 1790. The topological polar surface area (TPSA) is 187 Å². The number of carboxylic acids is 2. The van der Waals surface area contributed by atoms with E-state index in [-0.39, 0.29) is 23.5 Å². The fourth-order valence-electron chi connectivity index (χ4n) is 4.59. The SMILES string of the molecule is COc1cc(CC(=O)N(C)c2ccc(C(CC(=O)O)NC(=O)c3ccc(C(=O)O)cc3)cn2)ccc1NC(=O)Nc1ccccc1C. The number of anilines is 3. The van der Waals surface area contributed by atoms with Crippen molar-refractivity contribution in [2.24, 2.45) is 0 Å². The van der Waals surface area contributed by atoms with Gasteiger partial charge in [0.1, 0.15) is 11.6 Å². The summed E-state index contributed by atoms with van der Waals surface area (Å²) in [6.07, 6.45) is 0.936. The second kappa shape index (κ2) is 15.2. The number of methoxy groups -OCH3 is 1. The number of carboxylic acid groups (broad SMARTS) is 2. The molecule has 0 aliphatic carbocycles. The van der Waals surface area contributed by atoms with Crippen LogP contribution in [0, 0.1) is 6.92 Å². The summed E-state index contributed by atoms with van der Waals surface area (Å²) in [5.41, 5.74) is 3.18. The third kappa shape index (κ3) is 8.91. The molecule has 0 fully saturated rings. The average molecular weight is 640 g/mol. The molecule has 1 aromatic heterocycles. The van der Waals surface area contributed by atoms with E-state index in [9.17, 15) is 29.1 Å². The number of aliphatic carboxylic acids is 1. The van der Waals surface area contributed by atoms with E-state index in [0.717, 1.165) is 5.56 Å². The summed E-state index contributed by atoms with van der Waals surface area (Å²) in [5, 5.41) is 26.7. The van der Waals surface area contributed by atoms with Gasteiger partial charge in [0.2, 0.25) is 5.91 Å². The third-order valence-electron chi connectivity index (χ3n) is 7.23.